The van der Waals surface area contributed by atoms with Gasteiger partial charge in [0.15, 0.2) is 0 Å². The molecule has 2 unspecified atom stereocenters. The minimum absolute atomic E-state index is 0.0689. The van der Waals surface area contributed by atoms with Gasteiger partial charge in [-0.2, -0.15) is 5.26 Å². The van der Waals surface area contributed by atoms with Gasteiger partial charge in [0.05, 0.1) is 11.6 Å². The maximum atomic E-state index is 13.6. The van der Waals surface area contributed by atoms with Crippen LogP contribution in [0.1, 0.15) is 74.4 Å². The lowest BCUT2D eigenvalue weighted by atomic mass is 9.89. The smallest absolute Gasteiger partial charge is 0.254 e. The summed E-state index contributed by atoms with van der Waals surface area (Å²) in [4.78, 5) is 27.8. The van der Waals surface area contributed by atoms with Gasteiger partial charge in [-0.15, -0.1) is 0 Å². The normalized spacial score (nSPS) is 18.1. The molecule has 3 rings (SSSR count). The predicted octanol–water partition coefficient (Wildman–Crippen LogP) is 5.50. The van der Waals surface area contributed by atoms with E-state index in [2.05, 4.69) is 11.4 Å². The van der Waals surface area contributed by atoms with Crippen molar-refractivity contribution in [3.8, 4) is 6.07 Å². The number of carbonyl (C=O) groups excluding carboxylic acids is 2. The van der Waals surface area contributed by atoms with Crippen molar-refractivity contribution in [2.24, 2.45) is 11.1 Å². The van der Waals surface area contributed by atoms with Gasteiger partial charge in [0.2, 0.25) is 5.91 Å². The molecule has 1 saturated carbocycles. The Morgan fingerprint density at radius 2 is 1.82 bits per heavy atom. The summed E-state index contributed by atoms with van der Waals surface area (Å²) < 4.78 is 0. The van der Waals surface area contributed by atoms with Gasteiger partial charge in [-0.3, -0.25) is 9.59 Å². The number of hydrogen-bond acceptors (Lipinski definition) is 4. The predicted molar refractivity (Wildman–Crippen MR) is 135 cm³/mol. The Bertz CT molecular complexity index is 1070. The molecule has 2 aromatic carbocycles. The number of halogens is 1. The highest BCUT2D eigenvalue weighted by Crippen LogP contribution is 2.29. The molecule has 1 aliphatic rings. The molecule has 6 nitrogen and oxygen atoms in total. The summed E-state index contributed by atoms with van der Waals surface area (Å²) >= 11 is 6.53. The fourth-order valence-electron chi connectivity index (χ4n) is 4.36. The Morgan fingerprint density at radius 1 is 1.15 bits per heavy atom. The molecule has 0 bridgehead atoms. The second kappa shape index (κ2) is 11.0. The maximum Gasteiger partial charge on any atom is 0.254 e. The maximum absolute atomic E-state index is 13.6. The van der Waals surface area contributed by atoms with Gasteiger partial charge in [-0.05, 0) is 66.3 Å². The van der Waals surface area contributed by atoms with Crippen LogP contribution in [0.3, 0.4) is 0 Å². The topological polar surface area (TPSA) is 99.2 Å². The molecular formula is C27H33ClN4O2. The molecule has 0 aromatic heterocycles. The van der Waals surface area contributed by atoms with Crippen molar-refractivity contribution in [1.82, 2.24) is 4.90 Å². The number of nitrogens with two attached hydrogens (primary N) is 1. The van der Waals surface area contributed by atoms with Crippen LogP contribution in [0, 0.1) is 16.7 Å². The molecule has 0 aliphatic heterocycles. The summed E-state index contributed by atoms with van der Waals surface area (Å²) in [7, 11) is 0. The van der Waals surface area contributed by atoms with Crippen molar-refractivity contribution >= 4 is 29.1 Å². The number of nitrogens with zero attached hydrogens (tertiary/aromatic N) is 2. The van der Waals surface area contributed by atoms with Crippen molar-refractivity contribution in [2.75, 3.05) is 5.32 Å². The van der Waals surface area contributed by atoms with Crippen LogP contribution in [0.5, 0.6) is 0 Å². The van der Waals surface area contributed by atoms with Crippen molar-refractivity contribution in [3.63, 3.8) is 0 Å². The monoisotopic (exact) mass is 480 g/mol. The van der Waals surface area contributed by atoms with Gasteiger partial charge in [-0.1, -0.05) is 45.2 Å². The molecule has 0 saturated heterocycles. The largest absolute Gasteiger partial charge is 0.330 e. The molecule has 1 fully saturated rings. The molecule has 2 atom stereocenters. The third-order valence-corrected chi connectivity index (χ3v) is 6.43. The van der Waals surface area contributed by atoms with Crippen LogP contribution >= 0.6 is 11.6 Å². The zero-order chi connectivity index (χ0) is 24.9. The Balaban J connectivity index is 1.89. The van der Waals surface area contributed by atoms with Gasteiger partial charge in [-0.25, -0.2) is 0 Å². The molecule has 1 aliphatic carbocycles. The van der Waals surface area contributed by atoms with E-state index < -0.39 is 0 Å². The highest BCUT2D eigenvalue weighted by atomic mass is 35.5. The lowest BCUT2D eigenvalue weighted by Crippen LogP contribution is -2.51. The number of nitrogens with one attached hydrogen (secondary N) is 1. The van der Waals surface area contributed by atoms with E-state index in [0.717, 1.165) is 31.2 Å². The fourth-order valence-corrected chi connectivity index (χ4v) is 4.54. The highest BCUT2D eigenvalue weighted by molar-refractivity contribution is 6.31. The molecule has 3 N–H and O–H groups in total. The summed E-state index contributed by atoms with van der Waals surface area (Å²) in [6, 6.07) is 13.8. The summed E-state index contributed by atoms with van der Waals surface area (Å²) in [6.45, 7) is 6.32. The Kier molecular flexibility index (Phi) is 8.35. The van der Waals surface area contributed by atoms with Crippen LogP contribution in [-0.2, 0) is 11.3 Å². The Hall–Kier alpha value is -2.88. The third kappa shape index (κ3) is 6.82. The number of rotatable bonds is 6. The van der Waals surface area contributed by atoms with E-state index in [9.17, 15) is 9.59 Å². The Morgan fingerprint density at radius 3 is 2.44 bits per heavy atom. The van der Waals surface area contributed by atoms with E-state index in [0.29, 0.717) is 28.3 Å². The number of benzene rings is 2. The first-order valence-electron chi connectivity index (χ1n) is 11.7. The lowest BCUT2D eigenvalue weighted by Gasteiger charge is -2.38. The third-order valence-electron chi connectivity index (χ3n) is 6.06. The van der Waals surface area contributed by atoms with Crippen molar-refractivity contribution in [2.45, 2.75) is 71.5 Å². The second-order valence-electron chi connectivity index (χ2n) is 10.2. The summed E-state index contributed by atoms with van der Waals surface area (Å²) in [6.07, 6.45) is 4.13. The van der Waals surface area contributed by atoms with Crippen LogP contribution in [0.2, 0.25) is 5.02 Å². The van der Waals surface area contributed by atoms with Crippen molar-refractivity contribution < 1.29 is 9.59 Å². The quantitative estimate of drug-likeness (QED) is 0.570. The van der Waals surface area contributed by atoms with Crippen molar-refractivity contribution in [1.29, 1.82) is 5.26 Å². The number of nitriles is 1. The van der Waals surface area contributed by atoms with Crippen LogP contribution in [0.4, 0.5) is 5.69 Å². The number of anilines is 1. The summed E-state index contributed by atoms with van der Waals surface area (Å²) in [5, 5.41) is 12.6. The highest BCUT2D eigenvalue weighted by Gasteiger charge is 2.32. The van der Waals surface area contributed by atoms with Crippen molar-refractivity contribution in [3.05, 3.63) is 64.2 Å². The van der Waals surface area contributed by atoms with Crippen LogP contribution in [-0.4, -0.2) is 28.8 Å². The summed E-state index contributed by atoms with van der Waals surface area (Å²) in [5.41, 5.74) is 8.73. The second-order valence-corrected chi connectivity index (χ2v) is 10.6. The van der Waals surface area contributed by atoms with E-state index in [4.69, 9.17) is 22.6 Å². The van der Waals surface area contributed by atoms with Gasteiger partial charge in [0.1, 0.15) is 0 Å². The Labute approximate surface area is 207 Å². The summed E-state index contributed by atoms with van der Waals surface area (Å²) in [5.74, 6) is -0.217. The fraction of sp³-hybridized carbons (Fsp3) is 0.444. The SMILES string of the molecule is CC(C)(C)CC(=O)Nc1ccc(Cl)c(CN(C(=O)c2ccc(C#N)cc2)C2CCCCC2N)c1. The van der Waals surface area contributed by atoms with E-state index in [1.165, 1.54) is 0 Å². The van der Waals surface area contributed by atoms with E-state index in [1.54, 1.807) is 41.3 Å². The minimum Gasteiger partial charge on any atom is -0.330 e. The van der Waals surface area contributed by atoms with E-state index in [1.807, 2.05) is 26.8 Å². The molecule has 0 radical (unpaired) electrons. The zero-order valence-electron chi connectivity index (χ0n) is 20.1. The van der Waals surface area contributed by atoms with E-state index >= 15 is 0 Å². The first-order valence-corrected chi connectivity index (χ1v) is 12.1. The molecule has 2 aromatic rings. The van der Waals surface area contributed by atoms with E-state index in [-0.39, 0.29) is 35.9 Å². The molecular weight excluding hydrogens is 448 g/mol. The average Bonchev–Trinajstić information content (AvgIpc) is 2.78. The van der Waals surface area contributed by atoms with Crippen LogP contribution < -0.4 is 11.1 Å². The minimum atomic E-state index is -0.148. The lowest BCUT2D eigenvalue weighted by molar-refractivity contribution is -0.117. The number of carbonyl (C=O) groups is 2. The van der Waals surface area contributed by atoms with Gasteiger partial charge in [0.25, 0.3) is 5.91 Å². The first kappa shape index (κ1) is 25.7. The number of hydrogen-bond donors (Lipinski definition) is 2. The molecule has 34 heavy (non-hydrogen) atoms. The molecule has 7 heteroatoms. The standard InChI is InChI=1S/C27H33ClN4O2/c1-27(2,3)15-25(33)31-21-12-13-22(28)20(14-21)17-32(24-7-5-4-6-23(24)30)26(34)19-10-8-18(16-29)9-11-19/h8-14,23-24H,4-7,15,17,30H2,1-3H3,(H,31,33). The molecule has 0 heterocycles. The molecule has 180 valence electrons. The number of amides is 2. The van der Waals surface area contributed by atoms with Gasteiger partial charge < -0.3 is 16.0 Å². The molecule has 2 amide bonds. The van der Waals surface area contributed by atoms with Crippen LogP contribution in [0.15, 0.2) is 42.5 Å². The average molecular weight is 481 g/mol. The van der Waals surface area contributed by atoms with Gasteiger partial charge in [0, 0.05) is 41.3 Å². The molecule has 0 spiro atoms. The zero-order valence-corrected chi connectivity index (χ0v) is 20.9. The first-order chi connectivity index (χ1) is 16.1. The van der Waals surface area contributed by atoms with Crippen LogP contribution in [0.25, 0.3) is 0 Å². The van der Waals surface area contributed by atoms with Gasteiger partial charge >= 0.3 is 0 Å².